The van der Waals surface area contributed by atoms with Crippen LogP contribution in [0.3, 0.4) is 0 Å². The number of nitrogens with zero attached hydrogens (tertiary/aromatic N) is 1. The highest BCUT2D eigenvalue weighted by molar-refractivity contribution is 5.74. The minimum absolute atomic E-state index is 0.0172. The van der Waals surface area contributed by atoms with Crippen LogP contribution in [0.4, 0.5) is 5.69 Å². The average Bonchev–Trinajstić information content (AvgIpc) is 2.93. The van der Waals surface area contributed by atoms with Gasteiger partial charge in [-0.25, -0.2) is 4.79 Å². The van der Waals surface area contributed by atoms with Gasteiger partial charge in [-0.05, 0) is 12.1 Å². The van der Waals surface area contributed by atoms with E-state index in [4.69, 9.17) is 14.2 Å². The lowest BCUT2D eigenvalue weighted by molar-refractivity contribution is -0.384. The first-order valence-corrected chi connectivity index (χ1v) is 5.82. The number of benzene rings is 1. The number of nitro benzene ring substituents is 1. The monoisotopic (exact) mass is 283 g/mol. The second-order valence-electron chi connectivity index (χ2n) is 3.97. The van der Waals surface area contributed by atoms with Crippen molar-refractivity contribution in [3.05, 3.63) is 34.4 Å². The Bertz CT molecular complexity index is 487. The van der Waals surface area contributed by atoms with Gasteiger partial charge < -0.3 is 18.9 Å². The molecule has 0 N–H and O–H groups in total. The summed E-state index contributed by atoms with van der Waals surface area (Å²) < 4.78 is 20.4. The summed E-state index contributed by atoms with van der Waals surface area (Å²) in [5.74, 6) is -0.0489. The van der Waals surface area contributed by atoms with E-state index in [1.165, 1.54) is 31.4 Å². The first-order chi connectivity index (χ1) is 9.60. The fourth-order valence-electron chi connectivity index (χ4n) is 1.63. The fourth-order valence-corrected chi connectivity index (χ4v) is 1.63. The molecule has 1 heterocycles. The zero-order valence-electron chi connectivity index (χ0n) is 10.7. The van der Waals surface area contributed by atoms with Crippen LogP contribution >= 0.6 is 0 Å². The van der Waals surface area contributed by atoms with E-state index in [9.17, 15) is 14.9 Å². The first-order valence-electron chi connectivity index (χ1n) is 5.82. The van der Waals surface area contributed by atoms with Crippen LogP contribution in [-0.4, -0.2) is 43.6 Å². The zero-order chi connectivity index (χ0) is 14.5. The molecule has 0 spiro atoms. The number of rotatable bonds is 5. The van der Waals surface area contributed by atoms with Crippen molar-refractivity contribution < 1.29 is 28.7 Å². The number of ether oxygens (including phenoxy) is 4. The van der Waals surface area contributed by atoms with Gasteiger partial charge in [0.1, 0.15) is 12.4 Å². The molecule has 20 heavy (non-hydrogen) atoms. The van der Waals surface area contributed by atoms with Crippen LogP contribution in [-0.2, 0) is 19.0 Å². The Labute approximate surface area is 114 Å². The van der Waals surface area contributed by atoms with Crippen LogP contribution in [0.15, 0.2) is 24.3 Å². The van der Waals surface area contributed by atoms with Gasteiger partial charge >= 0.3 is 5.97 Å². The molecule has 108 valence electrons. The van der Waals surface area contributed by atoms with E-state index in [0.717, 1.165) is 0 Å². The highest BCUT2D eigenvalue weighted by atomic mass is 16.7. The standard InChI is InChI=1S/C12H13NO7/c1-17-12(14)10-6-19-11(20-10)7-18-9-4-2-8(3-5-9)13(15)16/h2-5,10-11H,6-7H2,1H3/t10-,11+/m1/s1. The number of esters is 1. The third kappa shape index (κ3) is 3.43. The summed E-state index contributed by atoms with van der Waals surface area (Å²) in [6.45, 7) is 0.187. The van der Waals surface area contributed by atoms with Crippen LogP contribution in [0, 0.1) is 10.1 Å². The molecule has 0 radical (unpaired) electrons. The molecule has 0 bridgehead atoms. The second kappa shape index (κ2) is 6.31. The molecule has 2 atom stereocenters. The molecule has 2 rings (SSSR count). The van der Waals surface area contributed by atoms with Gasteiger partial charge in [0.2, 0.25) is 0 Å². The number of non-ortho nitro benzene ring substituents is 1. The zero-order valence-corrected chi connectivity index (χ0v) is 10.7. The highest BCUT2D eigenvalue weighted by Gasteiger charge is 2.32. The average molecular weight is 283 g/mol. The van der Waals surface area contributed by atoms with Crippen molar-refractivity contribution >= 4 is 11.7 Å². The third-order valence-electron chi connectivity index (χ3n) is 2.65. The van der Waals surface area contributed by atoms with Crippen LogP contribution in [0.2, 0.25) is 0 Å². The quantitative estimate of drug-likeness (QED) is 0.449. The molecule has 0 saturated carbocycles. The molecule has 1 aromatic rings. The van der Waals surface area contributed by atoms with E-state index in [2.05, 4.69) is 4.74 Å². The Morgan fingerprint density at radius 2 is 2.15 bits per heavy atom. The summed E-state index contributed by atoms with van der Waals surface area (Å²) in [5, 5.41) is 10.5. The van der Waals surface area contributed by atoms with Crippen molar-refractivity contribution in [2.24, 2.45) is 0 Å². The molecule has 1 aromatic carbocycles. The van der Waals surface area contributed by atoms with Crippen molar-refractivity contribution in [3.63, 3.8) is 0 Å². The van der Waals surface area contributed by atoms with E-state index in [-0.39, 0.29) is 18.9 Å². The topological polar surface area (TPSA) is 97.1 Å². The van der Waals surface area contributed by atoms with Crippen LogP contribution in [0.25, 0.3) is 0 Å². The molecule has 1 aliphatic heterocycles. The number of hydrogen-bond donors (Lipinski definition) is 0. The summed E-state index contributed by atoms with van der Waals surface area (Å²) in [4.78, 5) is 21.2. The Balaban J connectivity index is 1.81. The molecule has 1 aliphatic rings. The Kier molecular flexibility index (Phi) is 4.49. The van der Waals surface area contributed by atoms with Gasteiger partial charge in [0.25, 0.3) is 5.69 Å². The highest BCUT2D eigenvalue weighted by Crippen LogP contribution is 2.19. The predicted octanol–water partition coefficient (Wildman–Crippen LogP) is 0.888. The maximum atomic E-state index is 11.2. The van der Waals surface area contributed by atoms with Crippen LogP contribution < -0.4 is 4.74 Å². The van der Waals surface area contributed by atoms with Gasteiger partial charge in [-0.15, -0.1) is 0 Å². The van der Waals surface area contributed by atoms with Gasteiger partial charge in [0.05, 0.1) is 18.6 Å². The normalized spacial score (nSPS) is 21.4. The van der Waals surface area contributed by atoms with Gasteiger partial charge in [-0.3, -0.25) is 10.1 Å². The predicted molar refractivity (Wildman–Crippen MR) is 65.2 cm³/mol. The summed E-state index contributed by atoms with van der Waals surface area (Å²) in [6, 6.07) is 5.63. The number of carbonyl (C=O) groups excluding carboxylic acids is 1. The number of methoxy groups -OCH3 is 1. The smallest absolute Gasteiger partial charge is 0.337 e. The first kappa shape index (κ1) is 14.2. The number of hydrogen-bond acceptors (Lipinski definition) is 7. The molecular weight excluding hydrogens is 270 g/mol. The van der Waals surface area contributed by atoms with E-state index in [1.54, 1.807) is 0 Å². The van der Waals surface area contributed by atoms with Gasteiger partial charge in [-0.1, -0.05) is 0 Å². The van der Waals surface area contributed by atoms with Gasteiger partial charge in [0.15, 0.2) is 12.4 Å². The number of nitro groups is 1. The van der Waals surface area contributed by atoms with E-state index >= 15 is 0 Å². The van der Waals surface area contributed by atoms with E-state index < -0.39 is 23.3 Å². The van der Waals surface area contributed by atoms with Crippen molar-refractivity contribution in [2.75, 3.05) is 20.3 Å². The molecule has 8 nitrogen and oxygen atoms in total. The summed E-state index contributed by atoms with van der Waals surface area (Å²) in [7, 11) is 1.27. The van der Waals surface area contributed by atoms with Gasteiger partial charge in [0, 0.05) is 12.1 Å². The molecule has 0 amide bonds. The maximum absolute atomic E-state index is 11.2. The lowest BCUT2D eigenvalue weighted by Crippen LogP contribution is -2.26. The summed E-state index contributed by atoms with van der Waals surface area (Å²) in [6.07, 6.45) is -1.42. The number of carbonyl (C=O) groups is 1. The van der Waals surface area contributed by atoms with Crippen molar-refractivity contribution in [1.29, 1.82) is 0 Å². The Morgan fingerprint density at radius 3 is 2.75 bits per heavy atom. The maximum Gasteiger partial charge on any atom is 0.337 e. The lowest BCUT2D eigenvalue weighted by atomic mass is 10.3. The molecular formula is C12H13NO7. The minimum atomic E-state index is -0.745. The molecule has 0 aromatic heterocycles. The Morgan fingerprint density at radius 1 is 1.45 bits per heavy atom. The van der Waals surface area contributed by atoms with Crippen molar-refractivity contribution in [1.82, 2.24) is 0 Å². The summed E-state index contributed by atoms with van der Waals surface area (Å²) in [5.41, 5.74) is -0.0172. The largest absolute Gasteiger partial charge is 0.488 e. The second-order valence-corrected chi connectivity index (χ2v) is 3.97. The third-order valence-corrected chi connectivity index (χ3v) is 2.65. The molecule has 1 saturated heterocycles. The van der Waals surface area contributed by atoms with E-state index in [0.29, 0.717) is 5.75 Å². The van der Waals surface area contributed by atoms with Gasteiger partial charge in [-0.2, -0.15) is 0 Å². The van der Waals surface area contributed by atoms with Crippen LogP contribution in [0.1, 0.15) is 0 Å². The minimum Gasteiger partial charge on any atom is -0.488 e. The SMILES string of the molecule is COC(=O)[C@H]1CO[C@H](COc2ccc([N+](=O)[O-])cc2)O1. The molecule has 0 aliphatic carbocycles. The fraction of sp³-hybridized carbons (Fsp3) is 0.417. The van der Waals surface area contributed by atoms with Crippen LogP contribution in [0.5, 0.6) is 5.75 Å². The van der Waals surface area contributed by atoms with Crippen molar-refractivity contribution in [3.8, 4) is 5.75 Å². The molecule has 8 heteroatoms. The lowest BCUT2D eigenvalue weighted by Gasteiger charge is -2.11. The molecule has 0 unspecified atom stereocenters. The summed E-state index contributed by atoms with van der Waals surface area (Å²) >= 11 is 0. The van der Waals surface area contributed by atoms with Crippen molar-refractivity contribution in [2.45, 2.75) is 12.4 Å². The molecule has 1 fully saturated rings. The van der Waals surface area contributed by atoms with E-state index in [1.807, 2.05) is 0 Å². The Hall–Kier alpha value is -2.19.